The molecule has 0 atom stereocenters. The van der Waals surface area contributed by atoms with Crippen LogP contribution in [0.25, 0.3) is 11.1 Å². The van der Waals surface area contributed by atoms with Crippen molar-refractivity contribution < 1.29 is 8.42 Å². The van der Waals surface area contributed by atoms with E-state index in [0.29, 0.717) is 11.3 Å². The van der Waals surface area contributed by atoms with Crippen molar-refractivity contribution in [3.05, 3.63) is 30.2 Å². The molecule has 0 radical (unpaired) electrons. The van der Waals surface area contributed by atoms with Crippen LogP contribution in [0.3, 0.4) is 0 Å². The Kier molecular flexibility index (Phi) is 3.09. The molecule has 2 heterocycles. The van der Waals surface area contributed by atoms with Crippen molar-refractivity contribution in [1.29, 1.82) is 0 Å². The highest BCUT2D eigenvalue weighted by Gasteiger charge is 2.37. The first kappa shape index (κ1) is 13.5. The number of nitrogens with two attached hydrogens (primary N) is 1. The minimum Gasteiger partial charge on any atom is -0.382 e. The van der Waals surface area contributed by atoms with E-state index in [2.05, 4.69) is 15.2 Å². The minimum absolute atomic E-state index is 0.276. The van der Waals surface area contributed by atoms with Gasteiger partial charge >= 0.3 is 0 Å². The first-order valence-corrected chi connectivity index (χ1v) is 7.58. The highest BCUT2D eigenvalue weighted by molar-refractivity contribution is 7.91. The Morgan fingerprint density at radius 3 is 2.37 bits per heavy atom. The molecule has 0 aromatic carbocycles. The van der Waals surface area contributed by atoms with Crippen molar-refractivity contribution in [2.75, 3.05) is 12.0 Å². The highest BCUT2D eigenvalue weighted by atomic mass is 32.2. The van der Waals surface area contributed by atoms with Gasteiger partial charge in [-0.1, -0.05) is 0 Å². The number of rotatable bonds is 3. The van der Waals surface area contributed by atoms with Crippen molar-refractivity contribution in [2.24, 2.45) is 0 Å². The summed E-state index contributed by atoms with van der Waals surface area (Å²) < 4.78 is 22.8. The van der Waals surface area contributed by atoms with Gasteiger partial charge in [0.1, 0.15) is 4.75 Å². The molecule has 2 aromatic rings. The average molecular weight is 280 g/mol. The summed E-state index contributed by atoms with van der Waals surface area (Å²) >= 11 is 0. The van der Waals surface area contributed by atoms with Crippen molar-refractivity contribution in [1.82, 2.24) is 15.2 Å². The zero-order valence-corrected chi connectivity index (χ0v) is 11.8. The summed E-state index contributed by atoms with van der Waals surface area (Å²) in [5.41, 5.74) is 7.73. The molecule has 6 nitrogen and oxygen atoms in total. The number of H-pyrrole nitrogens is 1. The zero-order valence-electron chi connectivity index (χ0n) is 11.0. The monoisotopic (exact) mass is 280 g/mol. The summed E-state index contributed by atoms with van der Waals surface area (Å²) in [7, 11) is -3.32. The van der Waals surface area contributed by atoms with Gasteiger partial charge in [0.2, 0.25) is 0 Å². The molecule has 0 aliphatic rings. The number of pyridine rings is 1. The first-order valence-electron chi connectivity index (χ1n) is 5.69. The van der Waals surface area contributed by atoms with E-state index >= 15 is 0 Å². The molecule has 0 bridgehead atoms. The lowest BCUT2D eigenvalue weighted by Gasteiger charge is -2.22. The number of nitrogens with zero attached hydrogens (tertiary/aromatic N) is 2. The zero-order chi connectivity index (χ0) is 14.3. The fourth-order valence-corrected chi connectivity index (χ4v) is 2.31. The predicted octanol–water partition coefficient (Wildman–Crippen LogP) is 1.33. The van der Waals surface area contributed by atoms with Crippen LogP contribution in [-0.4, -0.2) is 29.9 Å². The third kappa shape index (κ3) is 2.21. The van der Waals surface area contributed by atoms with Crippen LogP contribution in [-0.2, 0) is 14.6 Å². The Hall–Kier alpha value is -1.89. The minimum atomic E-state index is -3.32. The molecular formula is C12H16N4O2S. The number of anilines is 1. The summed E-state index contributed by atoms with van der Waals surface area (Å²) in [5, 5.41) is 6.69. The van der Waals surface area contributed by atoms with Gasteiger partial charge in [0.05, 0.1) is 5.69 Å². The lowest BCUT2D eigenvalue weighted by molar-refractivity contribution is 0.556. The third-order valence-corrected chi connectivity index (χ3v) is 5.35. The second-order valence-electron chi connectivity index (χ2n) is 4.88. The first-order chi connectivity index (χ1) is 8.75. The van der Waals surface area contributed by atoms with Crippen LogP contribution in [0.2, 0.25) is 0 Å². The van der Waals surface area contributed by atoms with Crippen molar-refractivity contribution >= 4 is 15.7 Å². The van der Waals surface area contributed by atoms with E-state index in [1.807, 2.05) is 0 Å². The summed E-state index contributed by atoms with van der Waals surface area (Å²) in [6.07, 6.45) is 4.44. The number of hydrogen-bond acceptors (Lipinski definition) is 5. The molecule has 102 valence electrons. The normalized spacial score (nSPS) is 12.6. The van der Waals surface area contributed by atoms with Gasteiger partial charge in [0, 0.05) is 24.2 Å². The van der Waals surface area contributed by atoms with Gasteiger partial charge in [-0.15, -0.1) is 0 Å². The van der Waals surface area contributed by atoms with Gasteiger partial charge in [0.25, 0.3) is 0 Å². The maximum atomic E-state index is 11.9. The van der Waals surface area contributed by atoms with Crippen LogP contribution in [0, 0.1) is 0 Å². The summed E-state index contributed by atoms with van der Waals surface area (Å²) in [5.74, 6) is 0.276. The van der Waals surface area contributed by atoms with Gasteiger partial charge < -0.3 is 5.73 Å². The summed E-state index contributed by atoms with van der Waals surface area (Å²) in [6.45, 7) is 3.25. The van der Waals surface area contributed by atoms with Crippen LogP contribution in [0.4, 0.5) is 5.82 Å². The maximum Gasteiger partial charge on any atom is 0.158 e. The molecule has 3 N–H and O–H groups in total. The molecule has 0 amide bonds. The van der Waals surface area contributed by atoms with E-state index in [-0.39, 0.29) is 5.82 Å². The van der Waals surface area contributed by atoms with Gasteiger partial charge in [-0.25, -0.2) is 8.42 Å². The van der Waals surface area contributed by atoms with Gasteiger partial charge in [0.15, 0.2) is 15.7 Å². The predicted molar refractivity (Wildman–Crippen MR) is 74.1 cm³/mol. The molecular weight excluding hydrogens is 264 g/mol. The molecule has 0 unspecified atom stereocenters. The second kappa shape index (κ2) is 4.34. The average Bonchev–Trinajstić information content (AvgIpc) is 2.71. The standard InChI is InChI=1S/C12H16N4O2S/c1-12(2,19(3,17)18)10-9(11(13)16-15-10)8-4-6-14-7-5-8/h4-7H,1-3H3,(H3,13,15,16). The summed E-state index contributed by atoms with van der Waals surface area (Å²) in [4.78, 5) is 3.94. The number of nitrogens with one attached hydrogen (secondary N) is 1. The van der Waals surface area contributed by atoms with Crippen LogP contribution < -0.4 is 5.73 Å². The highest BCUT2D eigenvalue weighted by Crippen LogP contribution is 2.37. The Balaban J connectivity index is 2.70. The fourth-order valence-electron chi connectivity index (χ4n) is 1.79. The van der Waals surface area contributed by atoms with E-state index in [1.165, 1.54) is 6.26 Å². The Bertz CT molecular complexity index is 690. The van der Waals surface area contributed by atoms with Crippen LogP contribution in [0.1, 0.15) is 19.5 Å². The lowest BCUT2D eigenvalue weighted by atomic mass is 9.99. The van der Waals surface area contributed by atoms with E-state index < -0.39 is 14.6 Å². The maximum absolute atomic E-state index is 11.9. The van der Waals surface area contributed by atoms with E-state index in [9.17, 15) is 8.42 Å². The van der Waals surface area contributed by atoms with E-state index in [0.717, 1.165) is 5.56 Å². The molecule has 0 aliphatic heterocycles. The second-order valence-corrected chi connectivity index (χ2v) is 7.44. The van der Waals surface area contributed by atoms with Crippen LogP contribution >= 0.6 is 0 Å². The van der Waals surface area contributed by atoms with Crippen LogP contribution in [0.5, 0.6) is 0 Å². The molecule has 0 saturated carbocycles. The topological polar surface area (TPSA) is 102 Å². The number of hydrogen-bond donors (Lipinski definition) is 2. The van der Waals surface area contributed by atoms with E-state index in [1.54, 1.807) is 38.4 Å². The van der Waals surface area contributed by atoms with E-state index in [4.69, 9.17) is 5.73 Å². The van der Waals surface area contributed by atoms with Crippen molar-refractivity contribution in [3.8, 4) is 11.1 Å². The molecule has 0 aliphatic carbocycles. The Morgan fingerprint density at radius 2 is 1.84 bits per heavy atom. The Morgan fingerprint density at radius 1 is 1.26 bits per heavy atom. The molecule has 2 aromatic heterocycles. The molecule has 0 saturated heterocycles. The van der Waals surface area contributed by atoms with Gasteiger partial charge in [-0.05, 0) is 31.5 Å². The quantitative estimate of drug-likeness (QED) is 0.883. The SMILES string of the molecule is CC(C)(c1[nH]nc(N)c1-c1ccncc1)S(C)(=O)=O. The number of aromatic amines is 1. The van der Waals surface area contributed by atoms with Crippen LogP contribution in [0.15, 0.2) is 24.5 Å². The Labute approximate surface area is 112 Å². The van der Waals surface area contributed by atoms with Gasteiger partial charge in [-0.3, -0.25) is 10.1 Å². The third-order valence-electron chi connectivity index (χ3n) is 3.29. The largest absolute Gasteiger partial charge is 0.382 e. The molecule has 7 heteroatoms. The number of nitrogen functional groups attached to an aromatic ring is 1. The number of aromatic nitrogens is 3. The molecule has 19 heavy (non-hydrogen) atoms. The molecule has 0 spiro atoms. The molecule has 0 fully saturated rings. The molecule has 2 rings (SSSR count). The lowest BCUT2D eigenvalue weighted by Crippen LogP contribution is -2.29. The van der Waals surface area contributed by atoms with Crippen molar-refractivity contribution in [3.63, 3.8) is 0 Å². The number of sulfone groups is 1. The van der Waals surface area contributed by atoms with Crippen molar-refractivity contribution in [2.45, 2.75) is 18.6 Å². The van der Waals surface area contributed by atoms with Gasteiger partial charge in [-0.2, -0.15) is 5.10 Å². The smallest absolute Gasteiger partial charge is 0.158 e. The fraction of sp³-hybridized carbons (Fsp3) is 0.333. The summed E-state index contributed by atoms with van der Waals surface area (Å²) in [6, 6.07) is 3.53.